The van der Waals surface area contributed by atoms with Crippen molar-refractivity contribution in [2.24, 2.45) is 0 Å². The van der Waals surface area contributed by atoms with Crippen molar-refractivity contribution < 1.29 is 0 Å². The van der Waals surface area contributed by atoms with Crippen molar-refractivity contribution in [3.05, 3.63) is 175 Å². The molecular weight excluding hydrogens is 619 g/mol. The van der Waals surface area contributed by atoms with Gasteiger partial charge in [-0.2, -0.15) is 0 Å². The molecule has 0 saturated carbocycles. The highest BCUT2D eigenvalue weighted by atomic mass is 15.0. The monoisotopic (exact) mass is 651 g/mol. The molecule has 3 nitrogen and oxygen atoms in total. The lowest BCUT2D eigenvalue weighted by Crippen LogP contribution is -2.14. The molecule has 0 saturated heterocycles. The van der Waals surface area contributed by atoms with E-state index in [4.69, 9.17) is 15.0 Å². The van der Waals surface area contributed by atoms with Gasteiger partial charge in [0.2, 0.25) is 0 Å². The largest absolute Gasteiger partial charge is 0.208 e. The fourth-order valence-electron chi connectivity index (χ4n) is 7.95. The van der Waals surface area contributed by atoms with Gasteiger partial charge in [-0.1, -0.05) is 153 Å². The quantitative estimate of drug-likeness (QED) is 0.190. The lowest BCUT2D eigenvalue weighted by Gasteiger charge is -2.22. The molecule has 0 amide bonds. The van der Waals surface area contributed by atoms with E-state index < -0.39 is 0 Å². The fourth-order valence-corrected chi connectivity index (χ4v) is 7.95. The van der Waals surface area contributed by atoms with Gasteiger partial charge in [0.1, 0.15) is 0 Å². The van der Waals surface area contributed by atoms with E-state index in [0.29, 0.717) is 17.5 Å². The molecule has 10 rings (SSSR count). The van der Waals surface area contributed by atoms with Crippen LogP contribution in [0.25, 0.3) is 88.7 Å². The van der Waals surface area contributed by atoms with Gasteiger partial charge in [0.05, 0.1) is 0 Å². The third-order valence-electron chi connectivity index (χ3n) is 10.7. The Balaban J connectivity index is 1.11. The highest BCUT2D eigenvalue weighted by molar-refractivity contribution is 5.98. The lowest BCUT2D eigenvalue weighted by molar-refractivity contribution is 0.660. The van der Waals surface area contributed by atoms with Gasteiger partial charge in [-0.05, 0) is 90.0 Å². The third kappa shape index (κ3) is 4.85. The second-order valence-electron chi connectivity index (χ2n) is 14.1. The molecule has 0 atom stereocenters. The van der Waals surface area contributed by atoms with Crippen molar-refractivity contribution in [2.45, 2.75) is 19.3 Å². The van der Waals surface area contributed by atoms with Crippen LogP contribution in [-0.4, -0.2) is 15.0 Å². The molecule has 0 spiro atoms. The number of rotatable bonds is 4. The van der Waals surface area contributed by atoms with E-state index in [0.717, 1.165) is 38.2 Å². The number of benzene rings is 8. The summed E-state index contributed by atoms with van der Waals surface area (Å²) < 4.78 is 0. The minimum absolute atomic E-state index is 0.0455. The Morgan fingerprint density at radius 2 is 0.824 bits per heavy atom. The van der Waals surface area contributed by atoms with E-state index in [9.17, 15) is 0 Å². The number of nitrogens with zero attached hydrogens (tertiary/aromatic N) is 3. The summed E-state index contributed by atoms with van der Waals surface area (Å²) >= 11 is 0. The summed E-state index contributed by atoms with van der Waals surface area (Å²) in [4.78, 5) is 15.4. The Hall–Kier alpha value is -6.45. The second-order valence-corrected chi connectivity index (χ2v) is 14.1. The zero-order valence-corrected chi connectivity index (χ0v) is 28.4. The van der Waals surface area contributed by atoms with Crippen molar-refractivity contribution in [3.8, 4) is 56.4 Å². The smallest absolute Gasteiger partial charge is 0.164 e. The molecule has 0 bridgehead atoms. The standard InChI is InChI=1S/C48H33N3/c1-48(2)43-17-8-7-15-40(43)41-25-23-35(29-44(41)48)34-22-24-39-36(26-34)14-9-16-42(39)47-50-45(37-20-18-30-10-3-5-12-32(30)27-37)49-46(51-47)38-21-19-31-11-4-6-13-33(31)28-38/h3-29H,1-2H3. The van der Waals surface area contributed by atoms with Crippen LogP contribution in [0, 0.1) is 0 Å². The summed E-state index contributed by atoms with van der Waals surface area (Å²) in [7, 11) is 0. The van der Waals surface area contributed by atoms with E-state index in [1.54, 1.807) is 0 Å². The van der Waals surface area contributed by atoms with Gasteiger partial charge in [-0.3, -0.25) is 0 Å². The molecule has 0 N–H and O–H groups in total. The van der Waals surface area contributed by atoms with Crippen LogP contribution in [-0.2, 0) is 5.41 Å². The van der Waals surface area contributed by atoms with Crippen LogP contribution in [0.1, 0.15) is 25.0 Å². The van der Waals surface area contributed by atoms with Gasteiger partial charge in [0, 0.05) is 22.1 Å². The predicted octanol–water partition coefficient (Wildman–Crippen LogP) is 12.3. The van der Waals surface area contributed by atoms with E-state index in [-0.39, 0.29) is 5.41 Å². The first-order valence-corrected chi connectivity index (χ1v) is 17.5. The average molecular weight is 652 g/mol. The van der Waals surface area contributed by atoms with Crippen LogP contribution in [0.4, 0.5) is 0 Å². The number of hydrogen-bond acceptors (Lipinski definition) is 3. The maximum absolute atomic E-state index is 5.15. The molecule has 1 heterocycles. The molecule has 9 aromatic rings. The highest BCUT2D eigenvalue weighted by Gasteiger charge is 2.35. The van der Waals surface area contributed by atoms with Crippen molar-refractivity contribution in [1.82, 2.24) is 15.0 Å². The topological polar surface area (TPSA) is 38.7 Å². The van der Waals surface area contributed by atoms with Gasteiger partial charge in [0.25, 0.3) is 0 Å². The molecule has 1 aliphatic carbocycles. The zero-order chi connectivity index (χ0) is 34.1. The first-order valence-electron chi connectivity index (χ1n) is 17.5. The SMILES string of the molecule is CC1(C)c2ccccc2-c2ccc(-c3ccc4c(-c5nc(-c6ccc7ccccc7c6)nc(-c6ccc7ccccc7c6)n5)cccc4c3)cc21. The third-order valence-corrected chi connectivity index (χ3v) is 10.7. The summed E-state index contributed by atoms with van der Waals surface area (Å²) in [6.45, 7) is 4.67. The first kappa shape index (κ1) is 29.5. The summed E-state index contributed by atoms with van der Waals surface area (Å²) in [6.07, 6.45) is 0. The molecule has 0 unspecified atom stereocenters. The van der Waals surface area contributed by atoms with Gasteiger partial charge in [0.15, 0.2) is 17.5 Å². The van der Waals surface area contributed by atoms with Crippen molar-refractivity contribution in [1.29, 1.82) is 0 Å². The predicted molar refractivity (Wildman–Crippen MR) is 212 cm³/mol. The molecule has 1 aromatic heterocycles. The van der Waals surface area contributed by atoms with E-state index in [1.807, 2.05) is 0 Å². The Kier molecular flexibility index (Phi) is 6.53. The van der Waals surface area contributed by atoms with Crippen LogP contribution >= 0.6 is 0 Å². The fraction of sp³-hybridized carbons (Fsp3) is 0.0625. The molecule has 0 fully saturated rings. The van der Waals surface area contributed by atoms with E-state index >= 15 is 0 Å². The molecule has 0 radical (unpaired) electrons. The van der Waals surface area contributed by atoms with Crippen LogP contribution in [0.5, 0.6) is 0 Å². The van der Waals surface area contributed by atoms with Gasteiger partial charge in [-0.25, -0.2) is 15.0 Å². The van der Waals surface area contributed by atoms with Gasteiger partial charge in [-0.15, -0.1) is 0 Å². The maximum atomic E-state index is 5.15. The zero-order valence-electron chi connectivity index (χ0n) is 28.4. The van der Waals surface area contributed by atoms with Crippen LogP contribution < -0.4 is 0 Å². The van der Waals surface area contributed by atoms with Crippen LogP contribution in [0.2, 0.25) is 0 Å². The Labute approximate surface area is 297 Å². The highest BCUT2D eigenvalue weighted by Crippen LogP contribution is 2.49. The van der Waals surface area contributed by atoms with Crippen molar-refractivity contribution >= 4 is 32.3 Å². The lowest BCUT2D eigenvalue weighted by atomic mass is 9.81. The normalized spacial score (nSPS) is 13.1. The van der Waals surface area contributed by atoms with Crippen LogP contribution in [0.3, 0.4) is 0 Å². The van der Waals surface area contributed by atoms with Crippen molar-refractivity contribution in [3.63, 3.8) is 0 Å². The molecule has 3 heteroatoms. The molecule has 1 aliphatic rings. The number of aromatic nitrogens is 3. The molecule has 0 aliphatic heterocycles. The molecule has 240 valence electrons. The summed E-state index contributed by atoms with van der Waals surface area (Å²) in [5.74, 6) is 1.97. The molecule has 51 heavy (non-hydrogen) atoms. The minimum Gasteiger partial charge on any atom is -0.208 e. The molecular formula is C48H33N3. The second kappa shape index (κ2) is 11.3. The summed E-state index contributed by atoms with van der Waals surface area (Å²) in [5, 5.41) is 6.93. The minimum atomic E-state index is -0.0455. The maximum Gasteiger partial charge on any atom is 0.164 e. The molecule has 8 aromatic carbocycles. The van der Waals surface area contributed by atoms with Crippen molar-refractivity contribution in [2.75, 3.05) is 0 Å². The van der Waals surface area contributed by atoms with E-state index in [1.165, 1.54) is 44.2 Å². The Morgan fingerprint density at radius 3 is 1.53 bits per heavy atom. The van der Waals surface area contributed by atoms with Gasteiger partial charge < -0.3 is 0 Å². The van der Waals surface area contributed by atoms with Gasteiger partial charge >= 0.3 is 0 Å². The average Bonchev–Trinajstić information content (AvgIpc) is 3.42. The number of hydrogen-bond donors (Lipinski definition) is 0. The Bertz CT molecular complexity index is 2750. The number of fused-ring (bicyclic) bond motifs is 6. The summed E-state index contributed by atoms with van der Waals surface area (Å²) in [5.41, 5.74) is 10.7. The van der Waals surface area contributed by atoms with Crippen LogP contribution in [0.15, 0.2) is 164 Å². The van der Waals surface area contributed by atoms with E-state index in [2.05, 4.69) is 178 Å². The first-order chi connectivity index (χ1) is 25.0. The summed E-state index contributed by atoms with van der Waals surface area (Å²) in [6, 6.07) is 58.6. The Morgan fingerprint density at radius 1 is 0.333 bits per heavy atom.